The first kappa shape index (κ1) is 17.9. The van der Waals surface area contributed by atoms with Crippen molar-refractivity contribution in [3.05, 3.63) is 83.4 Å². The Balaban J connectivity index is 1.47. The summed E-state index contributed by atoms with van der Waals surface area (Å²) in [6.45, 7) is 2.14. The van der Waals surface area contributed by atoms with Crippen molar-refractivity contribution in [1.29, 1.82) is 0 Å². The molecule has 2 amide bonds. The van der Waals surface area contributed by atoms with E-state index in [1.807, 2.05) is 53.4 Å². The lowest BCUT2D eigenvalue weighted by Crippen LogP contribution is -2.30. The van der Waals surface area contributed by atoms with Gasteiger partial charge in [0.2, 0.25) is 0 Å². The van der Waals surface area contributed by atoms with Gasteiger partial charge >= 0.3 is 0 Å². The molecule has 0 atom stereocenters. The van der Waals surface area contributed by atoms with Crippen molar-refractivity contribution in [3.63, 3.8) is 0 Å². The number of fused-ring (bicyclic) bond motifs is 1. The Hall–Kier alpha value is -3.48. The van der Waals surface area contributed by atoms with Crippen LogP contribution in [0.25, 0.3) is 0 Å². The smallest absolute Gasteiger partial charge is 0.272 e. The Morgan fingerprint density at radius 1 is 1.07 bits per heavy atom. The standard InChI is InChI=1S/C21H21N5O2/c27-20(23-14-17-9-4-5-10-22-17)18-13-19-21(28)25(11-6-12-26(19)24-18)15-16-7-2-1-3-8-16/h1-5,7-10,13H,6,11-12,14-15H2,(H,23,27). The molecule has 1 aromatic carbocycles. The summed E-state index contributed by atoms with van der Waals surface area (Å²) in [5.74, 6) is -0.411. The van der Waals surface area contributed by atoms with Crippen molar-refractivity contribution in [2.75, 3.05) is 6.54 Å². The predicted octanol–water partition coefficient (Wildman–Crippen LogP) is 2.25. The van der Waals surface area contributed by atoms with Crippen LogP contribution in [-0.2, 0) is 19.6 Å². The molecule has 1 aliphatic heterocycles. The first-order valence-electron chi connectivity index (χ1n) is 9.30. The first-order chi connectivity index (χ1) is 13.7. The number of carbonyl (C=O) groups excluding carboxylic acids is 2. The normalized spacial score (nSPS) is 13.7. The van der Waals surface area contributed by atoms with Gasteiger partial charge in [-0.1, -0.05) is 36.4 Å². The highest BCUT2D eigenvalue weighted by atomic mass is 16.2. The molecule has 4 rings (SSSR count). The molecule has 1 N–H and O–H groups in total. The molecule has 7 nitrogen and oxygen atoms in total. The molecule has 0 bridgehead atoms. The number of hydrogen-bond acceptors (Lipinski definition) is 4. The highest BCUT2D eigenvalue weighted by Gasteiger charge is 2.26. The molecular formula is C21H21N5O2. The molecule has 3 aromatic rings. The van der Waals surface area contributed by atoms with Crippen molar-refractivity contribution in [1.82, 2.24) is 25.0 Å². The van der Waals surface area contributed by atoms with Crippen molar-refractivity contribution in [2.24, 2.45) is 0 Å². The van der Waals surface area contributed by atoms with Crippen LogP contribution in [-0.4, -0.2) is 38.0 Å². The number of rotatable bonds is 5. The van der Waals surface area contributed by atoms with E-state index in [9.17, 15) is 9.59 Å². The van der Waals surface area contributed by atoms with Crippen LogP contribution in [0.1, 0.15) is 38.7 Å². The molecule has 1 aliphatic rings. The van der Waals surface area contributed by atoms with Gasteiger partial charge in [0, 0.05) is 31.9 Å². The van der Waals surface area contributed by atoms with Gasteiger partial charge in [0.05, 0.1) is 12.2 Å². The Labute approximate surface area is 163 Å². The maximum absolute atomic E-state index is 13.0. The fourth-order valence-electron chi connectivity index (χ4n) is 3.26. The summed E-state index contributed by atoms with van der Waals surface area (Å²) in [4.78, 5) is 31.4. The van der Waals surface area contributed by atoms with Crippen LogP contribution in [0.4, 0.5) is 0 Å². The summed E-state index contributed by atoms with van der Waals surface area (Å²) in [5.41, 5.74) is 2.55. The maximum Gasteiger partial charge on any atom is 0.272 e. The van der Waals surface area contributed by atoms with Crippen LogP contribution in [0.2, 0.25) is 0 Å². The van der Waals surface area contributed by atoms with Gasteiger partial charge in [-0.25, -0.2) is 0 Å². The summed E-state index contributed by atoms with van der Waals surface area (Å²) in [5, 5.41) is 7.16. The molecule has 0 saturated carbocycles. The number of hydrogen-bond donors (Lipinski definition) is 1. The van der Waals surface area contributed by atoms with E-state index < -0.39 is 0 Å². The van der Waals surface area contributed by atoms with E-state index in [0.717, 1.165) is 17.7 Å². The van der Waals surface area contributed by atoms with E-state index in [0.29, 0.717) is 31.9 Å². The minimum absolute atomic E-state index is 0.0994. The number of nitrogens with one attached hydrogen (secondary N) is 1. The zero-order valence-corrected chi connectivity index (χ0v) is 15.4. The summed E-state index contributed by atoms with van der Waals surface area (Å²) in [6.07, 6.45) is 2.47. The van der Waals surface area contributed by atoms with Gasteiger partial charge in [0.1, 0.15) is 5.69 Å². The van der Waals surface area contributed by atoms with E-state index in [1.165, 1.54) is 0 Å². The van der Waals surface area contributed by atoms with Crippen LogP contribution in [0.15, 0.2) is 60.8 Å². The number of nitrogens with zero attached hydrogens (tertiary/aromatic N) is 4. The Morgan fingerprint density at radius 3 is 2.68 bits per heavy atom. The van der Waals surface area contributed by atoms with Crippen LogP contribution in [0, 0.1) is 0 Å². The molecule has 0 fully saturated rings. The molecule has 0 radical (unpaired) electrons. The summed E-state index contributed by atoms with van der Waals surface area (Å²) in [7, 11) is 0. The van der Waals surface area contributed by atoms with Crippen molar-refractivity contribution < 1.29 is 9.59 Å². The topological polar surface area (TPSA) is 80.1 Å². The summed E-state index contributed by atoms with van der Waals surface area (Å²) in [6, 6.07) is 17.0. The van der Waals surface area contributed by atoms with Gasteiger partial charge in [-0.05, 0) is 24.1 Å². The van der Waals surface area contributed by atoms with Crippen LogP contribution in [0.5, 0.6) is 0 Å². The Morgan fingerprint density at radius 2 is 1.89 bits per heavy atom. The molecular weight excluding hydrogens is 354 g/mol. The number of aromatic nitrogens is 3. The second kappa shape index (κ2) is 8.04. The second-order valence-electron chi connectivity index (χ2n) is 6.71. The quantitative estimate of drug-likeness (QED) is 0.742. The molecule has 142 valence electrons. The zero-order chi connectivity index (χ0) is 19.3. The molecule has 0 saturated heterocycles. The molecule has 0 aliphatic carbocycles. The predicted molar refractivity (Wildman–Crippen MR) is 103 cm³/mol. The maximum atomic E-state index is 13.0. The summed E-state index contributed by atoms with van der Waals surface area (Å²) < 4.78 is 1.64. The average molecular weight is 375 g/mol. The van der Waals surface area contributed by atoms with Crippen molar-refractivity contribution >= 4 is 11.8 Å². The SMILES string of the molecule is O=C(NCc1ccccn1)c1cc2n(n1)CCCN(Cc1ccccc1)C2=O. The molecule has 0 unspecified atom stereocenters. The van der Waals surface area contributed by atoms with E-state index in [1.54, 1.807) is 16.9 Å². The number of carbonyl (C=O) groups is 2. The number of benzene rings is 1. The number of aryl methyl sites for hydroxylation is 1. The van der Waals surface area contributed by atoms with Crippen LogP contribution >= 0.6 is 0 Å². The number of pyridine rings is 1. The summed E-state index contributed by atoms with van der Waals surface area (Å²) >= 11 is 0. The van der Waals surface area contributed by atoms with Crippen molar-refractivity contribution in [2.45, 2.75) is 26.1 Å². The third-order valence-corrected chi connectivity index (χ3v) is 4.69. The highest BCUT2D eigenvalue weighted by Crippen LogP contribution is 2.16. The molecule has 3 heterocycles. The average Bonchev–Trinajstić information content (AvgIpc) is 3.11. The van der Waals surface area contributed by atoms with Gasteiger partial charge in [0.15, 0.2) is 5.69 Å². The fraction of sp³-hybridized carbons (Fsp3) is 0.238. The van der Waals surface area contributed by atoms with Gasteiger partial charge in [-0.2, -0.15) is 5.10 Å². The monoisotopic (exact) mass is 375 g/mol. The minimum Gasteiger partial charge on any atom is -0.345 e. The number of amides is 2. The lowest BCUT2D eigenvalue weighted by molar-refractivity contribution is 0.0745. The third-order valence-electron chi connectivity index (χ3n) is 4.69. The van der Waals surface area contributed by atoms with Crippen LogP contribution < -0.4 is 5.32 Å². The minimum atomic E-state index is -0.311. The Kier molecular flexibility index (Phi) is 5.14. The second-order valence-corrected chi connectivity index (χ2v) is 6.71. The zero-order valence-electron chi connectivity index (χ0n) is 15.4. The molecule has 0 spiro atoms. The van der Waals surface area contributed by atoms with Gasteiger partial charge in [0.25, 0.3) is 11.8 Å². The van der Waals surface area contributed by atoms with Gasteiger partial charge in [-0.3, -0.25) is 19.3 Å². The third kappa shape index (κ3) is 3.93. The first-order valence-corrected chi connectivity index (χ1v) is 9.30. The Bertz CT molecular complexity index is 969. The lowest BCUT2D eigenvalue weighted by atomic mass is 10.2. The molecule has 2 aromatic heterocycles. The largest absolute Gasteiger partial charge is 0.345 e. The van der Waals surface area contributed by atoms with E-state index in [-0.39, 0.29) is 17.5 Å². The van der Waals surface area contributed by atoms with E-state index >= 15 is 0 Å². The fourth-order valence-corrected chi connectivity index (χ4v) is 3.26. The van der Waals surface area contributed by atoms with Crippen molar-refractivity contribution in [3.8, 4) is 0 Å². The van der Waals surface area contributed by atoms with Gasteiger partial charge in [-0.15, -0.1) is 0 Å². The highest BCUT2D eigenvalue weighted by molar-refractivity contribution is 5.98. The van der Waals surface area contributed by atoms with Gasteiger partial charge < -0.3 is 10.2 Å². The van der Waals surface area contributed by atoms with E-state index in [4.69, 9.17) is 0 Å². The molecule has 7 heteroatoms. The molecule has 28 heavy (non-hydrogen) atoms. The van der Waals surface area contributed by atoms with Crippen LogP contribution in [0.3, 0.4) is 0 Å². The van der Waals surface area contributed by atoms with E-state index in [2.05, 4.69) is 15.4 Å². The lowest BCUT2D eigenvalue weighted by Gasteiger charge is -2.20.